The van der Waals surface area contributed by atoms with E-state index in [2.05, 4.69) is 64.8 Å². The number of anilines is 1. The van der Waals surface area contributed by atoms with E-state index in [1.165, 1.54) is 30.5 Å². The van der Waals surface area contributed by atoms with E-state index >= 15 is 0 Å². The van der Waals surface area contributed by atoms with E-state index < -0.39 is 0 Å². The zero-order chi connectivity index (χ0) is 24.3. The monoisotopic (exact) mass is 468 g/mol. The van der Waals surface area contributed by atoms with Gasteiger partial charge in [-0.3, -0.25) is 14.7 Å². The van der Waals surface area contributed by atoms with Crippen LogP contribution in [0.25, 0.3) is 10.9 Å². The van der Waals surface area contributed by atoms with Crippen LogP contribution in [0.4, 0.5) is 5.69 Å². The van der Waals surface area contributed by atoms with E-state index in [1.54, 1.807) is 7.05 Å². The highest BCUT2D eigenvalue weighted by atomic mass is 16.1. The number of hydrogen-bond acceptors (Lipinski definition) is 4. The van der Waals surface area contributed by atoms with Gasteiger partial charge in [-0.05, 0) is 54.2 Å². The number of H-pyrrole nitrogens is 1. The van der Waals surface area contributed by atoms with Gasteiger partial charge in [0.2, 0.25) is 0 Å². The quantitative estimate of drug-likeness (QED) is 0.527. The number of fused-ring (bicyclic) bond motifs is 4. The number of aromatic nitrogens is 1. The first-order valence-electron chi connectivity index (χ1n) is 13.2. The lowest BCUT2D eigenvalue weighted by molar-refractivity contribution is 0.103. The maximum atomic E-state index is 13.9. The van der Waals surface area contributed by atoms with Crippen LogP contribution in [0.2, 0.25) is 0 Å². The van der Waals surface area contributed by atoms with Gasteiger partial charge in [0, 0.05) is 78.7 Å². The molecular weight excluding hydrogens is 432 g/mol. The molecule has 2 heterocycles. The number of hydrogen-bond donors (Lipinski definition) is 1. The average Bonchev–Trinajstić information content (AvgIpc) is 3.22. The Bertz CT molecular complexity index is 1340. The number of rotatable bonds is 4. The van der Waals surface area contributed by atoms with Gasteiger partial charge in [0.1, 0.15) is 0 Å². The van der Waals surface area contributed by atoms with E-state index in [9.17, 15) is 4.79 Å². The van der Waals surface area contributed by atoms with Crippen LogP contribution in [0.3, 0.4) is 0 Å². The highest BCUT2D eigenvalue weighted by Crippen LogP contribution is 2.46. The molecule has 1 saturated carbocycles. The van der Waals surface area contributed by atoms with Crippen LogP contribution in [0.1, 0.15) is 78.3 Å². The summed E-state index contributed by atoms with van der Waals surface area (Å²) in [5, 5.41) is 1.01. The molecule has 1 aliphatic heterocycles. The van der Waals surface area contributed by atoms with Gasteiger partial charge < -0.3 is 9.88 Å². The zero-order valence-corrected chi connectivity index (χ0v) is 21.4. The molecule has 0 unspecified atom stereocenters. The normalized spacial score (nSPS) is 20.3. The van der Waals surface area contributed by atoms with Gasteiger partial charge in [-0.1, -0.05) is 39.3 Å². The third-order valence-corrected chi connectivity index (χ3v) is 8.72. The van der Waals surface area contributed by atoms with Crippen LogP contribution >= 0.6 is 0 Å². The van der Waals surface area contributed by atoms with E-state index in [1.807, 2.05) is 12.3 Å². The molecule has 0 spiro atoms. The SMILES string of the molecule is CCc1cc2c(cc1N1CCN(C3CCC3)CC1)C(C)(C)c1[nH]c3cc(C=NC)ccc3c1C2=O. The Morgan fingerprint density at radius 2 is 1.89 bits per heavy atom. The number of piperazine rings is 1. The Hall–Kier alpha value is -2.92. The summed E-state index contributed by atoms with van der Waals surface area (Å²) in [6, 6.07) is 11.6. The van der Waals surface area contributed by atoms with Crippen LogP contribution in [-0.4, -0.2) is 61.2 Å². The summed E-state index contributed by atoms with van der Waals surface area (Å²) < 4.78 is 0. The maximum absolute atomic E-state index is 13.9. The Labute approximate surface area is 208 Å². The second-order valence-electron chi connectivity index (χ2n) is 11.0. The molecule has 5 heteroatoms. The van der Waals surface area contributed by atoms with Crippen LogP contribution in [-0.2, 0) is 11.8 Å². The molecule has 1 N–H and O–H groups in total. The lowest BCUT2D eigenvalue weighted by Gasteiger charge is -2.44. The highest BCUT2D eigenvalue weighted by Gasteiger charge is 2.40. The molecule has 1 aromatic heterocycles. The minimum absolute atomic E-state index is 0.147. The summed E-state index contributed by atoms with van der Waals surface area (Å²) in [6.45, 7) is 11.1. The van der Waals surface area contributed by atoms with Gasteiger partial charge in [-0.2, -0.15) is 0 Å². The fourth-order valence-electron chi connectivity index (χ4n) is 6.41. The third-order valence-electron chi connectivity index (χ3n) is 8.72. The summed E-state index contributed by atoms with van der Waals surface area (Å²) in [7, 11) is 1.78. The number of aromatic amines is 1. The van der Waals surface area contributed by atoms with Crippen LogP contribution in [0, 0.1) is 0 Å². The van der Waals surface area contributed by atoms with Gasteiger partial charge >= 0.3 is 0 Å². The second-order valence-corrected chi connectivity index (χ2v) is 11.0. The molecule has 0 atom stereocenters. The largest absolute Gasteiger partial charge is 0.369 e. The molecule has 2 fully saturated rings. The Morgan fingerprint density at radius 1 is 1.11 bits per heavy atom. The Kier molecular flexibility index (Phi) is 5.37. The predicted octanol–water partition coefficient (Wildman–Crippen LogP) is 5.32. The minimum Gasteiger partial charge on any atom is -0.369 e. The fraction of sp³-hybridized carbons (Fsp3) is 0.467. The van der Waals surface area contributed by atoms with E-state index in [0.29, 0.717) is 0 Å². The topological polar surface area (TPSA) is 51.7 Å². The summed E-state index contributed by atoms with van der Waals surface area (Å²) >= 11 is 0. The molecule has 5 nitrogen and oxygen atoms in total. The van der Waals surface area contributed by atoms with Gasteiger partial charge in [-0.15, -0.1) is 0 Å². The van der Waals surface area contributed by atoms with Crippen molar-refractivity contribution in [3.05, 3.63) is 63.8 Å². The predicted molar refractivity (Wildman–Crippen MR) is 145 cm³/mol. The third kappa shape index (κ3) is 3.47. The summed E-state index contributed by atoms with van der Waals surface area (Å²) in [5.74, 6) is 0.147. The molecule has 3 aliphatic rings. The first-order valence-corrected chi connectivity index (χ1v) is 13.2. The first-order chi connectivity index (χ1) is 16.9. The smallest absolute Gasteiger partial charge is 0.195 e. The van der Waals surface area contributed by atoms with Crippen molar-refractivity contribution in [3.8, 4) is 0 Å². The van der Waals surface area contributed by atoms with Gasteiger partial charge in [0.25, 0.3) is 0 Å². The van der Waals surface area contributed by atoms with Gasteiger partial charge in [0.05, 0.1) is 5.56 Å². The number of carbonyl (C=O) groups excluding carboxylic acids is 1. The molecule has 1 saturated heterocycles. The van der Waals surface area contributed by atoms with E-state index in [0.717, 1.165) is 77.5 Å². The molecule has 182 valence electrons. The number of nitrogens with one attached hydrogen (secondary N) is 1. The number of benzene rings is 2. The summed E-state index contributed by atoms with van der Waals surface area (Å²) in [5.41, 5.74) is 8.24. The number of aryl methyl sites for hydroxylation is 1. The number of aliphatic imine (C=N–C) groups is 1. The molecule has 0 bridgehead atoms. The molecule has 3 aromatic rings. The molecule has 2 aliphatic carbocycles. The Morgan fingerprint density at radius 3 is 2.54 bits per heavy atom. The van der Waals surface area contributed by atoms with Crippen LogP contribution in [0.5, 0.6) is 0 Å². The van der Waals surface area contributed by atoms with Crippen molar-refractivity contribution in [1.29, 1.82) is 0 Å². The lowest BCUT2D eigenvalue weighted by Crippen LogP contribution is -2.52. The molecule has 2 aromatic carbocycles. The molecule has 0 radical (unpaired) electrons. The Balaban J connectivity index is 1.41. The molecule has 35 heavy (non-hydrogen) atoms. The standard InChI is InChI=1S/C30H36N4O/c1-5-20-16-23-24(17-26(20)34-13-11-33(12-14-34)21-7-6-8-21)30(2,3)29-27(28(23)35)22-10-9-19(18-31-4)15-25(22)32-29/h9-10,15-18,21,32H,5-8,11-14H2,1-4H3. The zero-order valence-electron chi connectivity index (χ0n) is 21.4. The van der Waals surface area contributed by atoms with Crippen molar-refractivity contribution in [3.63, 3.8) is 0 Å². The van der Waals surface area contributed by atoms with Crippen molar-refractivity contribution in [2.45, 2.75) is 57.9 Å². The van der Waals surface area contributed by atoms with Crippen molar-refractivity contribution < 1.29 is 4.79 Å². The average molecular weight is 469 g/mol. The highest BCUT2D eigenvalue weighted by molar-refractivity contribution is 6.20. The fourth-order valence-corrected chi connectivity index (χ4v) is 6.41. The van der Waals surface area contributed by atoms with Gasteiger partial charge in [0.15, 0.2) is 5.78 Å². The summed E-state index contributed by atoms with van der Waals surface area (Å²) in [6.07, 6.45) is 6.91. The van der Waals surface area contributed by atoms with Gasteiger partial charge in [-0.25, -0.2) is 0 Å². The molecular formula is C30H36N4O. The minimum atomic E-state index is -0.286. The maximum Gasteiger partial charge on any atom is 0.195 e. The number of ketones is 1. The van der Waals surface area contributed by atoms with Crippen molar-refractivity contribution >= 4 is 28.6 Å². The first kappa shape index (κ1) is 22.5. The number of carbonyl (C=O) groups is 1. The van der Waals surface area contributed by atoms with Crippen LogP contribution in [0.15, 0.2) is 35.3 Å². The second kappa shape index (κ2) is 8.34. The van der Waals surface area contributed by atoms with E-state index in [-0.39, 0.29) is 11.2 Å². The number of nitrogens with zero attached hydrogens (tertiary/aromatic N) is 3. The van der Waals surface area contributed by atoms with E-state index in [4.69, 9.17) is 0 Å². The van der Waals surface area contributed by atoms with Crippen LogP contribution < -0.4 is 4.90 Å². The molecule has 0 amide bonds. The summed E-state index contributed by atoms with van der Waals surface area (Å²) in [4.78, 5) is 27.0. The lowest BCUT2D eigenvalue weighted by atomic mass is 9.70. The van der Waals surface area contributed by atoms with Crippen molar-refractivity contribution in [2.24, 2.45) is 4.99 Å². The van der Waals surface area contributed by atoms with Crippen molar-refractivity contribution in [2.75, 3.05) is 38.1 Å². The van der Waals surface area contributed by atoms with Crippen molar-refractivity contribution in [1.82, 2.24) is 9.88 Å². The molecule has 6 rings (SSSR count).